The predicted octanol–water partition coefficient (Wildman–Crippen LogP) is 6.05. The van der Waals surface area contributed by atoms with Crippen LogP contribution < -0.4 is 14.8 Å². The molecule has 1 aliphatic heterocycles. The van der Waals surface area contributed by atoms with Crippen LogP contribution in [0.4, 0.5) is 18.9 Å². The number of benzene rings is 3. The molecule has 0 radical (unpaired) electrons. The summed E-state index contributed by atoms with van der Waals surface area (Å²) in [6.45, 7) is 2.75. The smallest absolute Gasteiger partial charge is 0.490 e. The van der Waals surface area contributed by atoms with Crippen LogP contribution in [-0.4, -0.2) is 53.3 Å². The van der Waals surface area contributed by atoms with E-state index in [0.717, 1.165) is 5.56 Å². The predicted molar refractivity (Wildman–Crippen MR) is 145 cm³/mol. The minimum atomic E-state index is -4.80. The third-order valence-electron chi connectivity index (χ3n) is 6.64. The third-order valence-corrected chi connectivity index (χ3v) is 6.64. The number of carboxylic acids is 1. The van der Waals surface area contributed by atoms with Crippen molar-refractivity contribution in [1.29, 1.82) is 0 Å². The standard InChI is InChI=1S/C30H29F3N2O6/c1-19-4-2-7-25(28(19)20-8-10-23(11-9-20)41-30(31,32)33)29(39)34-21-5-3-6-24(18-21)40-22-14-16-35(17-15-22)26(36)12-13-27(37)38/h2-11,18,22H,12-17H2,1H3,(H,34,39)(H,37,38). The molecule has 0 bridgehead atoms. The van der Waals surface area contributed by atoms with E-state index in [1.807, 2.05) is 13.0 Å². The zero-order chi connectivity index (χ0) is 29.6. The highest BCUT2D eigenvalue weighted by Gasteiger charge is 2.31. The van der Waals surface area contributed by atoms with E-state index >= 15 is 0 Å². The number of ether oxygens (including phenoxy) is 2. The van der Waals surface area contributed by atoms with Gasteiger partial charge in [-0.2, -0.15) is 0 Å². The molecule has 0 atom stereocenters. The number of hydrogen-bond donors (Lipinski definition) is 2. The van der Waals surface area contributed by atoms with Crippen molar-refractivity contribution in [2.45, 2.75) is 45.1 Å². The van der Waals surface area contributed by atoms with Gasteiger partial charge in [0.2, 0.25) is 5.91 Å². The fourth-order valence-electron chi connectivity index (χ4n) is 4.70. The van der Waals surface area contributed by atoms with Gasteiger partial charge in [-0.25, -0.2) is 0 Å². The molecule has 2 amide bonds. The number of carbonyl (C=O) groups is 3. The second-order valence-electron chi connectivity index (χ2n) is 9.64. The molecule has 4 rings (SSSR count). The van der Waals surface area contributed by atoms with Gasteiger partial charge in [-0.15, -0.1) is 13.2 Å². The summed E-state index contributed by atoms with van der Waals surface area (Å²) in [6, 6.07) is 17.5. The van der Waals surface area contributed by atoms with E-state index in [4.69, 9.17) is 9.84 Å². The number of piperidine rings is 1. The average molecular weight is 571 g/mol. The van der Waals surface area contributed by atoms with Crippen LogP contribution in [0.1, 0.15) is 41.6 Å². The SMILES string of the molecule is Cc1cccc(C(=O)Nc2cccc(OC3CCN(C(=O)CCC(=O)O)CC3)c2)c1-c1ccc(OC(F)(F)F)cc1. The van der Waals surface area contributed by atoms with E-state index in [0.29, 0.717) is 54.1 Å². The van der Waals surface area contributed by atoms with Gasteiger partial charge in [0, 0.05) is 49.7 Å². The average Bonchev–Trinajstić information content (AvgIpc) is 2.92. The van der Waals surface area contributed by atoms with E-state index in [2.05, 4.69) is 10.1 Å². The summed E-state index contributed by atoms with van der Waals surface area (Å²) in [6.07, 6.45) is -3.97. The lowest BCUT2D eigenvalue weighted by molar-refractivity contribution is -0.274. The Morgan fingerprint density at radius 2 is 1.63 bits per heavy atom. The molecule has 3 aromatic carbocycles. The number of aryl methyl sites for hydroxylation is 1. The Balaban J connectivity index is 1.40. The molecule has 1 heterocycles. The first kappa shape index (κ1) is 29.4. The summed E-state index contributed by atoms with van der Waals surface area (Å²) in [7, 11) is 0. The maximum Gasteiger partial charge on any atom is 0.573 e. The fourth-order valence-corrected chi connectivity index (χ4v) is 4.70. The Morgan fingerprint density at radius 3 is 2.29 bits per heavy atom. The van der Waals surface area contributed by atoms with Gasteiger partial charge >= 0.3 is 12.3 Å². The number of amides is 2. The van der Waals surface area contributed by atoms with Crippen molar-refractivity contribution in [2.75, 3.05) is 18.4 Å². The zero-order valence-electron chi connectivity index (χ0n) is 22.2. The van der Waals surface area contributed by atoms with Crippen molar-refractivity contribution in [2.24, 2.45) is 0 Å². The number of nitrogens with one attached hydrogen (secondary N) is 1. The van der Waals surface area contributed by atoms with Gasteiger partial charge in [0.25, 0.3) is 5.91 Å². The molecule has 0 saturated carbocycles. The Bertz CT molecular complexity index is 1400. The molecule has 1 aliphatic rings. The summed E-state index contributed by atoms with van der Waals surface area (Å²) in [5.41, 5.74) is 2.76. The third kappa shape index (κ3) is 8.23. The lowest BCUT2D eigenvalue weighted by Gasteiger charge is -2.32. The van der Waals surface area contributed by atoms with Gasteiger partial charge in [-0.05, 0) is 53.9 Å². The highest BCUT2D eigenvalue weighted by Crippen LogP contribution is 2.32. The lowest BCUT2D eigenvalue weighted by Crippen LogP contribution is -2.41. The molecule has 0 unspecified atom stereocenters. The van der Waals surface area contributed by atoms with Crippen LogP contribution in [0, 0.1) is 6.92 Å². The second kappa shape index (κ2) is 12.8. The number of likely N-dealkylation sites (tertiary alicyclic amines) is 1. The molecule has 1 saturated heterocycles. The quantitative estimate of drug-likeness (QED) is 0.325. The van der Waals surface area contributed by atoms with E-state index in [1.165, 1.54) is 24.3 Å². The number of rotatable bonds is 9. The Hall–Kier alpha value is -4.54. The van der Waals surface area contributed by atoms with Gasteiger partial charge in [0.1, 0.15) is 17.6 Å². The molecule has 0 spiro atoms. The second-order valence-corrected chi connectivity index (χ2v) is 9.64. The topological polar surface area (TPSA) is 105 Å². The maximum atomic E-state index is 13.3. The first-order valence-electron chi connectivity index (χ1n) is 13.0. The van der Waals surface area contributed by atoms with Crippen molar-refractivity contribution >= 4 is 23.5 Å². The highest BCUT2D eigenvalue weighted by molar-refractivity contribution is 6.09. The summed E-state index contributed by atoms with van der Waals surface area (Å²) in [4.78, 5) is 37.8. The summed E-state index contributed by atoms with van der Waals surface area (Å²) >= 11 is 0. The minimum Gasteiger partial charge on any atom is -0.490 e. The van der Waals surface area contributed by atoms with Crippen LogP contribution >= 0.6 is 0 Å². The summed E-state index contributed by atoms with van der Waals surface area (Å²) in [5.74, 6) is -1.40. The van der Waals surface area contributed by atoms with Gasteiger partial charge < -0.3 is 24.8 Å². The van der Waals surface area contributed by atoms with Gasteiger partial charge in [0.15, 0.2) is 0 Å². The molecule has 41 heavy (non-hydrogen) atoms. The van der Waals surface area contributed by atoms with Crippen LogP contribution in [0.5, 0.6) is 11.5 Å². The molecular formula is C30H29F3N2O6. The monoisotopic (exact) mass is 570 g/mol. The molecule has 0 aromatic heterocycles. The number of halogens is 3. The van der Waals surface area contributed by atoms with Crippen molar-refractivity contribution in [3.05, 3.63) is 77.9 Å². The van der Waals surface area contributed by atoms with Gasteiger partial charge in [-0.3, -0.25) is 14.4 Å². The van der Waals surface area contributed by atoms with E-state index in [1.54, 1.807) is 41.3 Å². The van der Waals surface area contributed by atoms with Crippen LogP contribution in [0.3, 0.4) is 0 Å². The van der Waals surface area contributed by atoms with Gasteiger partial charge in [0.05, 0.1) is 6.42 Å². The number of aliphatic carboxylic acids is 1. The lowest BCUT2D eigenvalue weighted by atomic mass is 9.94. The Morgan fingerprint density at radius 1 is 0.951 bits per heavy atom. The Kier molecular flexibility index (Phi) is 9.16. The van der Waals surface area contributed by atoms with Crippen molar-refractivity contribution in [1.82, 2.24) is 4.90 Å². The molecule has 216 valence electrons. The maximum absolute atomic E-state index is 13.3. The minimum absolute atomic E-state index is 0.0248. The van der Waals surface area contributed by atoms with Crippen molar-refractivity contribution in [3.63, 3.8) is 0 Å². The molecular weight excluding hydrogens is 541 g/mol. The molecule has 3 aromatic rings. The van der Waals surface area contributed by atoms with Crippen LogP contribution in [0.2, 0.25) is 0 Å². The first-order chi connectivity index (χ1) is 19.5. The normalized spacial score (nSPS) is 13.9. The number of nitrogens with zero attached hydrogens (tertiary/aromatic N) is 1. The first-order valence-corrected chi connectivity index (χ1v) is 13.0. The van der Waals surface area contributed by atoms with E-state index in [9.17, 15) is 27.6 Å². The van der Waals surface area contributed by atoms with E-state index in [-0.39, 0.29) is 30.6 Å². The number of anilines is 1. The molecule has 11 heteroatoms. The van der Waals surface area contributed by atoms with Crippen LogP contribution in [-0.2, 0) is 9.59 Å². The van der Waals surface area contributed by atoms with E-state index < -0.39 is 18.2 Å². The van der Waals surface area contributed by atoms with Crippen molar-refractivity contribution in [3.8, 4) is 22.6 Å². The highest BCUT2D eigenvalue weighted by atomic mass is 19.4. The molecule has 1 fully saturated rings. The number of hydrogen-bond acceptors (Lipinski definition) is 5. The number of carbonyl (C=O) groups excluding carboxylic acids is 2. The zero-order valence-corrected chi connectivity index (χ0v) is 22.2. The Labute approximate surface area is 234 Å². The van der Waals surface area contributed by atoms with Crippen molar-refractivity contribution < 1.29 is 42.1 Å². The van der Waals surface area contributed by atoms with Crippen LogP contribution in [0.15, 0.2) is 66.7 Å². The molecule has 0 aliphatic carbocycles. The number of carboxylic acid groups (broad SMARTS) is 1. The number of alkyl halides is 3. The largest absolute Gasteiger partial charge is 0.573 e. The summed E-state index contributed by atoms with van der Waals surface area (Å²) in [5, 5.41) is 11.6. The molecule has 2 N–H and O–H groups in total. The van der Waals surface area contributed by atoms with Crippen LogP contribution in [0.25, 0.3) is 11.1 Å². The fraction of sp³-hybridized carbons (Fsp3) is 0.300. The van der Waals surface area contributed by atoms with Gasteiger partial charge in [-0.1, -0.05) is 30.3 Å². The summed E-state index contributed by atoms with van der Waals surface area (Å²) < 4.78 is 47.7. The molecule has 8 nitrogen and oxygen atoms in total.